The van der Waals surface area contributed by atoms with Crippen LogP contribution in [0, 0.1) is 11.3 Å². The highest BCUT2D eigenvalue weighted by atomic mass is 35.5. The summed E-state index contributed by atoms with van der Waals surface area (Å²) in [6.45, 7) is 0.240. The standard InChI is InChI=1S/C17H14ClNO4/c1-21-15-8-12(9-19)7-14(18)16(15)23-10-11-3-5-13(6-4-11)17(20)22-2/h3-8H,10H2,1-2H3. The predicted octanol–water partition coefficient (Wildman–Crippen LogP) is 3.59. The van der Waals surface area contributed by atoms with Crippen LogP contribution >= 0.6 is 11.6 Å². The third-order valence-electron chi connectivity index (χ3n) is 3.12. The zero-order chi connectivity index (χ0) is 16.8. The Labute approximate surface area is 139 Å². The van der Waals surface area contributed by atoms with Crippen LogP contribution in [0.2, 0.25) is 5.02 Å². The Hall–Kier alpha value is -2.71. The fourth-order valence-corrected chi connectivity index (χ4v) is 2.20. The molecule has 5 nitrogen and oxygen atoms in total. The van der Waals surface area contributed by atoms with Gasteiger partial charge in [0.15, 0.2) is 11.5 Å². The molecule has 0 aliphatic heterocycles. The van der Waals surface area contributed by atoms with Crippen LogP contribution in [-0.4, -0.2) is 20.2 Å². The van der Waals surface area contributed by atoms with Crippen LogP contribution in [0.25, 0.3) is 0 Å². The van der Waals surface area contributed by atoms with Crippen molar-refractivity contribution in [2.45, 2.75) is 6.61 Å². The lowest BCUT2D eigenvalue weighted by Gasteiger charge is -2.13. The average Bonchev–Trinajstić information content (AvgIpc) is 2.59. The summed E-state index contributed by atoms with van der Waals surface area (Å²) in [6.07, 6.45) is 0. The highest BCUT2D eigenvalue weighted by Crippen LogP contribution is 2.36. The van der Waals surface area contributed by atoms with Gasteiger partial charge in [0.2, 0.25) is 0 Å². The number of ether oxygens (including phenoxy) is 3. The number of carbonyl (C=O) groups excluding carboxylic acids is 1. The maximum atomic E-state index is 11.4. The van der Waals surface area contributed by atoms with Crippen molar-refractivity contribution in [1.82, 2.24) is 0 Å². The van der Waals surface area contributed by atoms with Crippen molar-refractivity contribution in [3.8, 4) is 17.6 Å². The van der Waals surface area contributed by atoms with Crippen molar-refractivity contribution < 1.29 is 19.0 Å². The van der Waals surface area contributed by atoms with Gasteiger partial charge < -0.3 is 14.2 Å². The normalized spacial score (nSPS) is 9.83. The maximum absolute atomic E-state index is 11.4. The lowest BCUT2D eigenvalue weighted by Crippen LogP contribution is -2.02. The van der Waals surface area contributed by atoms with Gasteiger partial charge in [0.05, 0.1) is 36.4 Å². The number of nitrogens with zero attached hydrogens (tertiary/aromatic N) is 1. The Morgan fingerprint density at radius 3 is 2.48 bits per heavy atom. The van der Waals surface area contributed by atoms with E-state index in [1.54, 1.807) is 30.3 Å². The first-order chi connectivity index (χ1) is 11.1. The second-order valence-electron chi connectivity index (χ2n) is 4.58. The minimum Gasteiger partial charge on any atom is -0.493 e. The Morgan fingerprint density at radius 1 is 1.22 bits per heavy atom. The van der Waals surface area contributed by atoms with Crippen LogP contribution in [0.4, 0.5) is 0 Å². The highest BCUT2D eigenvalue weighted by molar-refractivity contribution is 6.32. The van der Waals surface area contributed by atoms with Crippen LogP contribution in [0.3, 0.4) is 0 Å². The molecule has 0 spiro atoms. The number of halogens is 1. The zero-order valence-corrected chi connectivity index (χ0v) is 13.4. The molecule has 0 radical (unpaired) electrons. The number of methoxy groups -OCH3 is 2. The van der Waals surface area contributed by atoms with Crippen molar-refractivity contribution in [1.29, 1.82) is 5.26 Å². The van der Waals surface area contributed by atoms with Crippen molar-refractivity contribution in [3.05, 3.63) is 58.1 Å². The molecule has 0 saturated heterocycles. The molecule has 0 aromatic heterocycles. The number of esters is 1. The summed E-state index contributed by atoms with van der Waals surface area (Å²) in [5, 5.41) is 9.23. The zero-order valence-electron chi connectivity index (χ0n) is 12.6. The first kappa shape index (κ1) is 16.7. The summed E-state index contributed by atoms with van der Waals surface area (Å²) in [6, 6.07) is 11.9. The molecule has 0 aliphatic rings. The third kappa shape index (κ3) is 3.93. The van der Waals surface area contributed by atoms with E-state index in [0.717, 1.165) is 5.56 Å². The molecular weight excluding hydrogens is 318 g/mol. The summed E-state index contributed by atoms with van der Waals surface area (Å²) in [7, 11) is 2.81. The van der Waals surface area contributed by atoms with E-state index in [1.165, 1.54) is 20.3 Å². The number of nitriles is 1. The molecule has 6 heteroatoms. The van der Waals surface area contributed by atoms with E-state index >= 15 is 0 Å². The van der Waals surface area contributed by atoms with Crippen LogP contribution in [-0.2, 0) is 11.3 Å². The summed E-state index contributed by atoms with van der Waals surface area (Å²) < 4.78 is 15.5. The number of benzene rings is 2. The van der Waals surface area contributed by atoms with E-state index in [9.17, 15) is 4.79 Å². The first-order valence-corrected chi connectivity index (χ1v) is 7.04. The first-order valence-electron chi connectivity index (χ1n) is 6.66. The van der Waals surface area contributed by atoms with Gasteiger partial charge in [-0.2, -0.15) is 5.26 Å². The van der Waals surface area contributed by atoms with Gasteiger partial charge >= 0.3 is 5.97 Å². The van der Waals surface area contributed by atoms with Crippen LogP contribution in [0.5, 0.6) is 11.5 Å². The van der Waals surface area contributed by atoms with Gasteiger partial charge in [-0.1, -0.05) is 23.7 Å². The lowest BCUT2D eigenvalue weighted by atomic mass is 10.1. The van der Waals surface area contributed by atoms with E-state index in [2.05, 4.69) is 4.74 Å². The Bertz CT molecular complexity index is 750. The van der Waals surface area contributed by atoms with E-state index < -0.39 is 5.97 Å². The monoisotopic (exact) mass is 331 g/mol. The molecule has 0 amide bonds. The second-order valence-corrected chi connectivity index (χ2v) is 4.99. The molecule has 0 aliphatic carbocycles. The number of hydrogen-bond donors (Lipinski definition) is 0. The molecule has 0 N–H and O–H groups in total. The largest absolute Gasteiger partial charge is 0.493 e. The third-order valence-corrected chi connectivity index (χ3v) is 3.40. The van der Waals surface area contributed by atoms with Crippen LogP contribution < -0.4 is 9.47 Å². The quantitative estimate of drug-likeness (QED) is 0.783. The molecule has 0 heterocycles. The number of carbonyl (C=O) groups is 1. The van der Waals surface area contributed by atoms with Crippen molar-refractivity contribution in [2.24, 2.45) is 0 Å². The van der Waals surface area contributed by atoms with Crippen molar-refractivity contribution in [2.75, 3.05) is 14.2 Å². The van der Waals surface area contributed by atoms with Gasteiger partial charge in [0, 0.05) is 6.07 Å². The number of hydrogen-bond acceptors (Lipinski definition) is 5. The molecule has 118 valence electrons. The van der Waals surface area contributed by atoms with E-state index in [1.807, 2.05) is 6.07 Å². The molecule has 2 aromatic carbocycles. The molecule has 0 bridgehead atoms. The smallest absolute Gasteiger partial charge is 0.337 e. The topological polar surface area (TPSA) is 68.5 Å². The molecule has 2 rings (SSSR count). The van der Waals surface area contributed by atoms with E-state index in [4.69, 9.17) is 26.3 Å². The predicted molar refractivity (Wildman–Crippen MR) is 84.8 cm³/mol. The minimum atomic E-state index is -0.394. The Balaban J connectivity index is 2.15. The van der Waals surface area contributed by atoms with Gasteiger partial charge in [-0.25, -0.2) is 4.79 Å². The van der Waals surface area contributed by atoms with Crippen LogP contribution in [0.1, 0.15) is 21.5 Å². The van der Waals surface area contributed by atoms with Crippen molar-refractivity contribution >= 4 is 17.6 Å². The van der Waals surface area contributed by atoms with Gasteiger partial charge in [-0.05, 0) is 23.8 Å². The molecule has 0 atom stereocenters. The number of rotatable bonds is 5. The summed E-state index contributed by atoms with van der Waals surface area (Å²) >= 11 is 6.13. The fourth-order valence-electron chi connectivity index (χ4n) is 1.93. The second kappa shape index (κ2) is 7.52. The van der Waals surface area contributed by atoms with Gasteiger partial charge in [-0.15, -0.1) is 0 Å². The summed E-state index contributed by atoms with van der Waals surface area (Å²) in [4.78, 5) is 11.4. The fraction of sp³-hybridized carbons (Fsp3) is 0.176. The van der Waals surface area contributed by atoms with E-state index in [-0.39, 0.29) is 6.61 Å². The Morgan fingerprint density at radius 2 is 1.91 bits per heavy atom. The van der Waals surface area contributed by atoms with Gasteiger partial charge in [0.25, 0.3) is 0 Å². The minimum absolute atomic E-state index is 0.240. The van der Waals surface area contributed by atoms with Gasteiger partial charge in [0.1, 0.15) is 6.61 Å². The molecule has 23 heavy (non-hydrogen) atoms. The summed E-state index contributed by atoms with van der Waals surface area (Å²) in [5.41, 5.74) is 1.70. The lowest BCUT2D eigenvalue weighted by molar-refractivity contribution is 0.0600. The molecule has 0 fully saturated rings. The van der Waals surface area contributed by atoms with Crippen molar-refractivity contribution in [3.63, 3.8) is 0 Å². The maximum Gasteiger partial charge on any atom is 0.337 e. The summed E-state index contributed by atoms with van der Waals surface area (Å²) in [5.74, 6) is 0.361. The SMILES string of the molecule is COC(=O)c1ccc(COc2c(Cl)cc(C#N)cc2OC)cc1. The molecule has 2 aromatic rings. The van der Waals surface area contributed by atoms with Crippen LogP contribution in [0.15, 0.2) is 36.4 Å². The molecular formula is C17H14ClNO4. The average molecular weight is 332 g/mol. The Kier molecular flexibility index (Phi) is 5.45. The molecule has 0 saturated carbocycles. The molecule has 0 unspecified atom stereocenters. The van der Waals surface area contributed by atoms with E-state index in [0.29, 0.717) is 27.6 Å². The highest BCUT2D eigenvalue weighted by Gasteiger charge is 2.12. The van der Waals surface area contributed by atoms with Gasteiger partial charge in [-0.3, -0.25) is 0 Å².